The third kappa shape index (κ3) is 4.43. The lowest BCUT2D eigenvalue weighted by molar-refractivity contribution is 0.231. The van der Waals surface area contributed by atoms with Gasteiger partial charge in [0.1, 0.15) is 6.61 Å². The molecule has 1 aliphatic heterocycles. The summed E-state index contributed by atoms with van der Waals surface area (Å²) in [4.78, 5) is 2.44. The van der Waals surface area contributed by atoms with Gasteiger partial charge in [-0.05, 0) is 32.0 Å². The molecular formula is C16H27N3O2. The van der Waals surface area contributed by atoms with Gasteiger partial charge in [0.15, 0.2) is 11.5 Å². The molecule has 0 amide bonds. The summed E-state index contributed by atoms with van der Waals surface area (Å²) in [5, 5.41) is 3.29. The largest absolute Gasteiger partial charge is 0.489 e. The molecule has 2 rings (SSSR count). The standard InChI is InChI=1S/C16H27N3O2/c1-3-7-19(4-2)8-5-9-20-15-12-13(17)11-14-16(15)21-10-6-18-14/h11-12,18H,3-10,17H2,1-2H3. The van der Waals surface area contributed by atoms with E-state index in [4.69, 9.17) is 15.2 Å². The SMILES string of the molecule is CCCN(CC)CCCOc1cc(N)cc2c1OCCN2. The number of nitrogen functional groups attached to an aromatic ring is 1. The lowest BCUT2D eigenvalue weighted by Gasteiger charge is -2.23. The van der Waals surface area contributed by atoms with E-state index in [1.165, 1.54) is 6.42 Å². The fourth-order valence-electron chi connectivity index (χ4n) is 2.56. The first-order valence-electron chi connectivity index (χ1n) is 7.90. The third-order valence-corrected chi connectivity index (χ3v) is 3.60. The van der Waals surface area contributed by atoms with Crippen LogP contribution in [0.1, 0.15) is 26.7 Å². The summed E-state index contributed by atoms with van der Waals surface area (Å²) in [7, 11) is 0. The Kier molecular flexibility index (Phi) is 5.99. The summed E-state index contributed by atoms with van der Waals surface area (Å²) in [6.07, 6.45) is 2.20. The number of hydrogen-bond acceptors (Lipinski definition) is 5. The molecule has 0 bridgehead atoms. The molecule has 0 unspecified atom stereocenters. The molecule has 1 aromatic rings. The number of nitrogens with two attached hydrogens (primary N) is 1. The molecule has 0 atom stereocenters. The molecule has 0 fully saturated rings. The van der Waals surface area contributed by atoms with Gasteiger partial charge < -0.3 is 25.4 Å². The highest BCUT2D eigenvalue weighted by Gasteiger charge is 2.16. The highest BCUT2D eigenvalue weighted by Crippen LogP contribution is 2.39. The van der Waals surface area contributed by atoms with Crippen molar-refractivity contribution in [2.24, 2.45) is 0 Å². The minimum atomic E-state index is 0.660. The van der Waals surface area contributed by atoms with E-state index in [1.807, 2.05) is 12.1 Å². The van der Waals surface area contributed by atoms with Gasteiger partial charge in [0.2, 0.25) is 0 Å². The van der Waals surface area contributed by atoms with Gasteiger partial charge in [-0.25, -0.2) is 0 Å². The molecule has 0 spiro atoms. The summed E-state index contributed by atoms with van der Waals surface area (Å²) in [5.41, 5.74) is 7.54. The molecule has 1 aromatic carbocycles. The Hall–Kier alpha value is -1.62. The van der Waals surface area contributed by atoms with Crippen LogP contribution in [0.5, 0.6) is 11.5 Å². The van der Waals surface area contributed by atoms with Crippen molar-refractivity contribution in [1.82, 2.24) is 4.90 Å². The van der Waals surface area contributed by atoms with Crippen LogP contribution in [0, 0.1) is 0 Å². The first-order valence-corrected chi connectivity index (χ1v) is 7.90. The van der Waals surface area contributed by atoms with Gasteiger partial charge >= 0.3 is 0 Å². The topological polar surface area (TPSA) is 59.8 Å². The number of nitrogens with zero attached hydrogens (tertiary/aromatic N) is 1. The van der Waals surface area contributed by atoms with Crippen LogP contribution in [-0.4, -0.2) is 44.3 Å². The highest BCUT2D eigenvalue weighted by atomic mass is 16.5. The summed E-state index contributed by atoms with van der Waals surface area (Å²) in [5.74, 6) is 1.53. The quantitative estimate of drug-likeness (QED) is 0.570. The second-order valence-electron chi connectivity index (χ2n) is 5.31. The number of rotatable bonds is 8. The molecule has 0 aromatic heterocycles. The second-order valence-corrected chi connectivity index (χ2v) is 5.31. The first kappa shape index (κ1) is 15.8. The van der Waals surface area contributed by atoms with Crippen molar-refractivity contribution in [2.45, 2.75) is 26.7 Å². The zero-order valence-electron chi connectivity index (χ0n) is 13.2. The van der Waals surface area contributed by atoms with E-state index in [0.29, 0.717) is 18.9 Å². The van der Waals surface area contributed by atoms with E-state index < -0.39 is 0 Å². The van der Waals surface area contributed by atoms with Gasteiger partial charge in [0.25, 0.3) is 0 Å². The Labute approximate surface area is 127 Å². The lowest BCUT2D eigenvalue weighted by atomic mass is 10.2. The van der Waals surface area contributed by atoms with Gasteiger partial charge in [0.05, 0.1) is 12.3 Å². The van der Waals surface area contributed by atoms with E-state index in [9.17, 15) is 0 Å². The van der Waals surface area contributed by atoms with Gasteiger partial charge in [-0.3, -0.25) is 0 Å². The molecule has 21 heavy (non-hydrogen) atoms. The fourth-order valence-corrected chi connectivity index (χ4v) is 2.56. The van der Waals surface area contributed by atoms with E-state index >= 15 is 0 Å². The van der Waals surface area contributed by atoms with E-state index in [1.54, 1.807) is 0 Å². The van der Waals surface area contributed by atoms with Crippen LogP contribution in [0.15, 0.2) is 12.1 Å². The normalized spacial score (nSPS) is 13.5. The molecule has 0 saturated carbocycles. The van der Waals surface area contributed by atoms with Gasteiger partial charge in [0, 0.05) is 24.8 Å². The molecule has 3 N–H and O–H groups in total. The number of fused-ring (bicyclic) bond motifs is 1. The number of nitrogens with one attached hydrogen (secondary N) is 1. The number of ether oxygens (including phenoxy) is 2. The van der Waals surface area contributed by atoms with Crippen LogP contribution in [0.4, 0.5) is 11.4 Å². The van der Waals surface area contributed by atoms with Crippen LogP contribution < -0.4 is 20.5 Å². The average molecular weight is 293 g/mol. The van der Waals surface area contributed by atoms with E-state index in [0.717, 1.165) is 49.8 Å². The van der Waals surface area contributed by atoms with Crippen molar-refractivity contribution in [3.63, 3.8) is 0 Å². The predicted octanol–water partition coefficient (Wildman–Crippen LogP) is 2.57. The predicted molar refractivity (Wildman–Crippen MR) is 87.4 cm³/mol. The molecule has 1 heterocycles. The highest BCUT2D eigenvalue weighted by molar-refractivity contribution is 5.70. The number of anilines is 2. The van der Waals surface area contributed by atoms with Gasteiger partial charge in [-0.15, -0.1) is 0 Å². The third-order valence-electron chi connectivity index (χ3n) is 3.60. The first-order chi connectivity index (χ1) is 10.2. The Morgan fingerprint density at radius 1 is 1.33 bits per heavy atom. The molecule has 0 radical (unpaired) electrons. The zero-order valence-corrected chi connectivity index (χ0v) is 13.2. The monoisotopic (exact) mass is 293 g/mol. The summed E-state index contributed by atoms with van der Waals surface area (Å²) >= 11 is 0. The second kappa shape index (κ2) is 7.98. The van der Waals surface area contributed by atoms with Crippen molar-refractivity contribution >= 4 is 11.4 Å². The van der Waals surface area contributed by atoms with Crippen molar-refractivity contribution in [1.29, 1.82) is 0 Å². The molecular weight excluding hydrogens is 266 g/mol. The van der Waals surface area contributed by atoms with Crippen LogP contribution in [0.25, 0.3) is 0 Å². The number of benzene rings is 1. The average Bonchev–Trinajstić information content (AvgIpc) is 2.50. The van der Waals surface area contributed by atoms with Gasteiger partial charge in [-0.1, -0.05) is 13.8 Å². The number of hydrogen-bond donors (Lipinski definition) is 2. The van der Waals surface area contributed by atoms with Crippen LogP contribution in [-0.2, 0) is 0 Å². The molecule has 0 saturated heterocycles. The van der Waals surface area contributed by atoms with Crippen LogP contribution in [0.2, 0.25) is 0 Å². The molecule has 0 aliphatic carbocycles. The fraction of sp³-hybridized carbons (Fsp3) is 0.625. The minimum absolute atomic E-state index is 0.660. The lowest BCUT2D eigenvalue weighted by Crippen LogP contribution is -2.26. The van der Waals surface area contributed by atoms with Crippen LogP contribution >= 0.6 is 0 Å². The summed E-state index contributed by atoms with van der Waals surface area (Å²) < 4.78 is 11.6. The molecule has 5 heteroatoms. The van der Waals surface area contributed by atoms with Gasteiger partial charge in [-0.2, -0.15) is 0 Å². The Bertz CT molecular complexity index is 451. The molecule has 1 aliphatic rings. The maximum absolute atomic E-state index is 5.91. The van der Waals surface area contributed by atoms with Crippen molar-refractivity contribution in [3.8, 4) is 11.5 Å². The smallest absolute Gasteiger partial charge is 0.184 e. The summed E-state index contributed by atoms with van der Waals surface area (Å²) in [6.45, 7) is 9.86. The van der Waals surface area contributed by atoms with Crippen molar-refractivity contribution in [3.05, 3.63) is 12.1 Å². The Morgan fingerprint density at radius 2 is 2.19 bits per heavy atom. The Morgan fingerprint density at radius 3 is 2.95 bits per heavy atom. The molecule has 118 valence electrons. The summed E-state index contributed by atoms with van der Waals surface area (Å²) in [6, 6.07) is 3.73. The van der Waals surface area contributed by atoms with Crippen LogP contribution in [0.3, 0.4) is 0 Å². The van der Waals surface area contributed by atoms with Crippen molar-refractivity contribution < 1.29 is 9.47 Å². The van der Waals surface area contributed by atoms with E-state index in [2.05, 4.69) is 24.1 Å². The maximum atomic E-state index is 5.91. The zero-order chi connectivity index (χ0) is 15.1. The van der Waals surface area contributed by atoms with E-state index in [-0.39, 0.29) is 0 Å². The van der Waals surface area contributed by atoms with Crippen molar-refractivity contribution in [2.75, 3.05) is 50.4 Å². The molecule has 5 nitrogen and oxygen atoms in total. The Balaban J connectivity index is 1.87. The maximum Gasteiger partial charge on any atom is 0.184 e. The minimum Gasteiger partial charge on any atom is -0.489 e.